The maximum Gasteiger partial charge on any atom is 0.322 e. The highest BCUT2D eigenvalue weighted by molar-refractivity contribution is 6.31. The van der Waals surface area contributed by atoms with Crippen LogP contribution in [0.1, 0.15) is 5.56 Å². The number of hydrogen-bond acceptors (Lipinski definition) is 3. The summed E-state index contributed by atoms with van der Waals surface area (Å²) in [5.41, 5.74) is 7.46. The Morgan fingerprint density at radius 1 is 1.50 bits per heavy atom. The molecule has 0 saturated carbocycles. The summed E-state index contributed by atoms with van der Waals surface area (Å²) in [6, 6.07) is 5.44. The third-order valence-electron chi connectivity index (χ3n) is 3.64. The van der Waals surface area contributed by atoms with Crippen molar-refractivity contribution in [3.05, 3.63) is 28.8 Å². The van der Waals surface area contributed by atoms with E-state index in [-0.39, 0.29) is 12.1 Å². The number of benzene rings is 1. The maximum atomic E-state index is 12.3. The Bertz CT molecular complexity index is 494. The number of rotatable bonds is 2. The van der Waals surface area contributed by atoms with E-state index in [2.05, 4.69) is 10.2 Å². The Kier molecular flexibility index (Phi) is 4.86. The molecule has 2 rings (SSSR count). The summed E-state index contributed by atoms with van der Waals surface area (Å²) in [6.07, 6.45) is 0. The summed E-state index contributed by atoms with van der Waals surface area (Å²) in [6.45, 7) is 4.74. The van der Waals surface area contributed by atoms with Crippen LogP contribution >= 0.6 is 11.6 Å². The molecule has 0 radical (unpaired) electrons. The number of anilines is 1. The Labute approximate surface area is 124 Å². The number of nitrogens with two attached hydrogens (primary N) is 1. The molecule has 1 saturated heterocycles. The molecule has 1 fully saturated rings. The number of piperazine rings is 1. The van der Waals surface area contributed by atoms with E-state index in [4.69, 9.17) is 17.3 Å². The minimum absolute atomic E-state index is 0.0506. The summed E-state index contributed by atoms with van der Waals surface area (Å²) in [5.74, 6) is 0. The lowest BCUT2D eigenvalue weighted by Crippen LogP contribution is -2.57. The zero-order valence-corrected chi connectivity index (χ0v) is 12.7. The number of amides is 2. The van der Waals surface area contributed by atoms with Crippen LogP contribution in [0.2, 0.25) is 5.02 Å². The SMILES string of the molecule is Cc1ccc(NC(=O)N2CCN(C)CC2CN)cc1Cl. The Balaban J connectivity index is 2.05. The minimum Gasteiger partial charge on any atom is -0.328 e. The molecule has 110 valence electrons. The van der Waals surface area contributed by atoms with Crippen molar-refractivity contribution in [1.29, 1.82) is 0 Å². The molecule has 2 amide bonds. The quantitative estimate of drug-likeness (QED) is 0.874. The molecule has 0 bridgehead atoms. The molecular weight excluding hydrogens is 276 g/mol. The van der Waals surface area contributed by atoms with Crippen LogP contribution < -0.4 is 11.1 Å². The topological polar surface area (TPSA) is 61.6 Å². The van der Waals surface area contributed by atoms with Crippen molar-refractivity contribution in [2.45, 2.75) is 13.0 Å². The second kappa shape index (κ2) is 6.43. The van der Waals surface area contributed by atoms with Crippen LogP contribution in [0, 0.1) is 6.92 Å². The van der Waals surface area contributed by atoms with Gasteiger partial charge in [0.05, 0.1) is 6.04 Å². The summed E-state index contributed by atoms with van der Waals surface area (Å²) in [4.78, 5) is 16.3. The lowest BCUT2D eigenvalue weighted by Gasteiger charge is -2.39. The zero-order chi connectivity index (χ0) is 14.7. The van der Waals surface area contributed by atoms with Gasteiger partial charge in [0, 0.05) is 36.9 Å². The number of likely N-dealkylation sites (N-methyl/N-ethyl adjacent to an activating group) is 1. The van der Waals surface area contributed by atoms with Crippen molar-refractivity contribution >= 4 is 23.3 Å². The van der Waals surface area contributed by atoms with Gasteiger partial charge in [-0.25, -0.2) is 4.79 Å². The number of halogens is 1. The number of urea groups is 1. The van der Waals surface area contributed by atoms with E-state index < -0.39 is 0 Å². The van der Waals surface area contributed by atoms with Gasteiger partial charge in [-0.15, -0.1) is 0 Å². The molecule has 0 spiro atoms. The zero-order valence-electron chi connectivity index (χ0n) is 11.9. The van der Waals surface area contributed by atoms with Gasteiger partial charge in [0.1, 0.15) is 0 Å². The largest absolute Gasteiger partial charge is 0.328 e. The van der Waals surface area contributed by atoms with Crippen LogP contribution in [-0.4, -0.2) is 55.1 Å². The van der Waals surface area contributed by atoms with Crippen LogP contribution in [0.3, 0.4) is 0 Å². The molecule has 1 unspecified atom stereocenters. The molecule has 1 heterocycles. The van der Waals surface area contributed by atoms with E-state index in [1.54, 1.807) is 11.0 Å². The molecule has 0 aromatic heterocycles. The van der Waals surface area contributed by atoms with Crippen LogP contribution in [0.25, 0.3) is 0 Å². The second-order valence-corrected chi connectivity index (χ2v) is 5.65. The number of hydrogen-bond donors (Lipinski definition) is 2. The van der Waals surface area contributed by atoms with Gasteiger partial charge >= 0.3 is 6.03 Å². The fraction of sp³-hybridized carbons (Fsp3) is 0.500. The first-order chi connectivity index (χ1) is 9.51. The molecule has 1 aromatic rings. The first-order valence-corrected chi connectivity index (χ1v) is 7.11. The maximum absolute atomic E-state index is 12.3. The van der Waals surface area contributed by atoms with Crippen LogP contribution in [0.4, 0.5) is 10.5 Å². The van der Waals surface area contributed by atoms with Crippen molar-refractivity contribution in [2.75, 3.05) is 38.5 Å². The molecular formula is C14H21ClN4O. The predicted octanol–water partition coefficient (Wildman–Crippen LogP) is 1.76. The fourth-order valence-electron chi connectivity index (χ4n) is 2.35. The van der Waals surface area contributed by atoms with E-state index >= 15 is 0 Å². The lowest BCUT2D eigenvalue weighted by atomic mass is 10.2. The van der Waals surface area contributed by atoms with Crippen molar-refractivity contribution in [3.8, 4) is 0 Å². The van der Waals surface area contributed by atoms with E-state index in [0.717, 1.165) is 18.7 Å². The monoisotopic (exact) mass is 296 g/mol. The van der Waals surface area contributed by atoms with Gasteiger partial charge in [0.25, 0.3) is 0 Å². The lowest BCUT2D eigenvalue weighted by molar-refractivity contribution is 0.120. The first-order valence-electron chi connectivity index (χ1n) is 6.73. The van der Waals surface area contributed by atoms with Crippen molar-refractivity contribution in [1.82, 2.24) is 9.80 Å². The Morgan fingerprint density at radius 3 is 2.90 bits per heavy atom. The number of nitrogens with zero attached hydrogens (tertiary/aromatic N) is 2. The predicted molar refractivity (Wildman–Crippen MR) is 82.3 cm³/mol. The van der Waals surface area contributed by atoms with Gasteiger partial charge in [-0.3, -0.25) is 0 Å². The van der Waals surface area contributed by atoms with E-state index in [1.807, 2.05) is 26.1 Å². The Hall–Kier alpha value is -1.30. The highest BCUT2D eigenvalue weighted by Gasteiger charge is 2.27. The van der Waals surface area contributed by atoms with Gasteiger partial charge in [-0.2, -0.15) is 0 Å². The van der Waals surface area contributed by atoms with Crippen molar-refractivity contribution < 1.29 is 4.79 Å². The highest BCUT2D eigenvalue weighted by Crippen LogP contribution is 2.20. The van der Waals surface area contributed by atoms with Gasteiger partial charge in [0.15, 0.2) is 0 Å². The summed E-state index contributed by atoms with van der Waals surface area (Å²) >= 11 is 6.07. The molecule has 1 aliphatic heterocycles. The second-order valence-electron chi connectivity index (χ2n) is 5.24. The number of carbonyl (C=O) groups is 1. The molecule has 1 atom stereocenters. The third kappa shape index (κ3) is 3.42. The van der Waals surface area contributed by atoms with Gasteiger partial charge in [-0.05, 0) is 31.7 Å². The number of nitrogens with one attached hydrogen (secondary N) is 1. The van der Waals surface area contributed by atoms with Gasteiger partial charge < -0.3 is 20.9 Å². The average molecular weight is 297 g/mol. The molecule has 6 heteroatoms. The fourth-order valence-corrected chi connectivity index (χ4v) is 2.53. The van der Waals surface area contributed by atoms with Crippen LogP contribution in [-0.2, 0) is 0 Å². The van der Waals surface area contributed by atoms with E-state index in [1.165, 1.54) is 0 Å². The number of carbonyl (C=O) groups excluding carboxylic acids is 1. The minimum atomic E-state index is -0.117. The summed E-state index contributed by atoms with van der Waals surface area (Å²) in [7, 11) is 2.04. The molecule has 1 aliphatic rings. The van der Waals surface area contributed by atoms with Crippen LogP contribution in [0.15, 0.2) is 18.2 Å². The van der Waals surface area contributed by atoms with Gasteiger partial charge in [-0.1, -0.05) is 17.7 Å². The standard InChI is InChI=1S/C14H21ClN4O/c1-10-3-4-11(7-13(10)15)17-14(20)19-6-5-18(2)9-12(19)8-16/h3-4,7,12H,5-6,8-9,16H2,1-2H3,(H,17,20). The van der Waals surface area contributed by atoms with Gasteiger partial charge in [0.2, 0.25) is 0 Å². The average Bonchev–Trinajstić information content (AvgIpc) is 2.42. The molecule has 20 heavy (non-hydrogen) atoms. The molecule has 3 N–H and O–H groups in total. The van der Waals surface area contributed by atoms with E-state index in [0.29, 0.717) is 23.8 Å². The highest BCUT2D eigenvalue weighted by atomic mass is 35.5. The first kappa shape index (κ1) is 15.1. The third-order valence-corrected chi connectivity index (χ3v) is 4.05. The molecule has 1 aromatic carbocycles. The molecule has 5 nitrogen and oxygen atoms in total. The summed E-state index contributed by atoms with van der Waals surface area (Å²) < 4.78 is 0. The van der Waals surface area contributed by atoms with Crippen molar-refractivity contribution in [3.63, 3.8) is 0 Å². The Morgan fingerprint density at radius 2 is 2.25 bits per heavy atom. The van der Waals surface area contributed by atoms with Crippen LogP contribution in [0.5, 0.6) is 0 Å². The van der Waals surface area contributed by atoms with Crippen molar-refractivity contribution in [2.24, 2.45) is 5.73 Å². The van der Waals surface area contributed by atoms with E-state index in [9.17, 15) is 4.79 Å². The molecule has 0 aliphatic carbocycles. The summed E-state index contributed by atoms with van der Waals surface area (Å²) in [5, 5.41) is 3.54. The number of aryl methyl sites for hydroxylation is 1. The smallest absolute Gasteiger partial charge is 0.322 e. The normalized spacial score (nSPS) is 20.0.